The van der Waals surface area contributed by atoms with E-state index in [-0.39, 0.29) is 23.4 Å². The van der Waals surface area contributed by atoms with Crippen molar-refractivity contribution in [2.75, 3.05) is 0 Å². The minimum atomic E-state index is -6.81. The molecule has 0 unspecified atom stereocenters. The highest BCUT2D eigenvalue weighted by Crippen LogP contribution is 2.54. The molecule has 2 nitrogen and oxygen atoms in total. The third-order valence-electron chi connectivity index (χ3n) is 6.75. The van der Waals surface area contributed by atoms with E-state index in [1.54, 1.807) is 18.2 Å². The molecule has 0 atom stereocenters. The number of unbranched alkanes of at least 4 members (excludes halogenated alkanes) is 8. The fraction of sp³-hybridized carbons (Fsp3) is 0.654. The molecule has 0 aliphatic heterocycles. The maximum absolute atomic E-state index is 13.5. The van der Waals surface area contributed by atoms with Crippen molar-refractivity contribution in [3.8, 4) is 0 Å². The zero-order chi connectivity index (χ0) is 29.5. The van der Waals surface area contributed by atoms with Crippen LogP contribution in [0.5, 0.6) is 0 Å². The van der Waals surface area contributed by atoms with Crippen LogP contribution in [-0.4, -0.2) is 28.5 Å². The highest BCUT2D eigenvalue weighted by atomic mass is 79.9. The Kier molecular flexibility index (Phi) is 14.2. The summed E-state index contributed by atoms with van der Waals surface area (Å²) in [6.45, 7) is 3.38. The fourth-order valence-corrected chi connectivity index (χ4v) is 4.75. The predicted molar refractivity (Wildman–Crippen MR) is 132 cm³/mol. The molecule has 0 fully saturated rings. The maximum Gasteiger partial charge on any atom is 0.460 e. The van der Waals surface area contributed by atoms with Gasteiger partial charge in [0.05, 0.1) is 6.54 Å². The molecular weight excluding hydrogens is 662 g/mol. The van der Waals surface area contributed by atoms with Gasteiger partial charge >= 0.3 is 23.9 Å². The first-order chi connectivity index (χ1) is 18.0. The Balaban J connectivity index is 0.00000800. The Morgan fingerprint density at radius 3 is 1.70 bits per heavy atom. The quantitative estimate of drug-likeness (QED) is 0.104. The van der Waals surface area contributed by atoms with Gasteiger partial charge in [-0.3, -0.25) is 0 Å². The van der Waals surface area contributed by atoms with Crippen molar-refractivity contribution in [2.45, 2.75) is 108 Å². The molecule has 1 heterocycles. The predicted octanol–water partition coefficient (Wildman–Crippen LogP) is 6.81. The third kappa shape index (κ3) is 9.18. The van der Waals surface area contributed by atoms with E-state index < -0.39 is 36.8 Å². The van der Waals surface area contributed by atoms with Gasteiger partial charge in [0.15, 0.2) is 0 Å². The van der Waals surface area contributed by atoms with Gasteiger partial charge in [0.1, 0.15) is 18.9 Å². The molecule has 40 heavy (non-hydrogen) atoms. The Morgan fingerprint density at radius 2 is 1.20 bits per heavy atom. The van der Waals surface area contributed by atoms with Crippen LogP contribution < -0.4 is 21.5 Å². The smallest absolute Gasteiger partial charge is 0.460 e. The molecule has 0 aliphatic carbocycles. The largest absolute Gasteiger partial charge is 1.00 e. The number of halogens is 12. The second-order valence-electron chi connectivity index (χ2n) is 9.65. The van der Waals surface area contributed by atoms with Gasteiger partial charge in [0.25, 0.3) is 5.82 Å². The summed E-state index contributed by atoms with van der Waals surface area (Å²) in [7, 11) is 0. The van der Waals surface area contributed by atoms with E-state index in [0.29, 0.717) is 29.4 Å². The molecule has 0 saturated carbocycles. The van der Waals surface area contributed by atoms with E-state index in [1.165, 1.54) is 0 Å². The summed E-state index contributed by atoms with van der Waals surface area (Å²) in [6.07, 6.45) is 0.426. The number of aryl methyl sites for hydroxylation is 1. The van der Waals surface area contributed by atoms with Crippen molar-refractivity contribution in [3.63, 3.8) is 0 Å². The van der Waals surface area contributed by atoms with Gasteiger partial charge in [-0.15, -0.1) is 0 Å². The van der Waals surface area contributed by atoms with Crippen molar-refractivity contribution in [1.82, 2.24) is 4.57 Å². The van der Waals surface area contributed by atoms with Gasteiger partial charge in [-0.1, -0.05) is 67.8 Å². The van der Waals surface area contributed by atoms with Crippen LogP contribution in [0.3, 0.4) is 0 Å². The Hall–Kier alpha value is -1.14. The van der Waals surface area contributed by atoms with Crippen LogP contribution >= 0.6 is 23.2 Å². The fourth-order valence-electron chi connectivity index (χ4n) is 4.23. The summed E-state index contributed by atoms with van der Waals surface area (Å²) in [5, 5.41) is 1.21. The van der Waals surface area contributed by atoms with Crippen LogP contribution in [0, 0.1) is 6.92 Å². The highest BCUT2D eigenvalue weighted by molar-refractivity contribution is 6.35. The number of hydrogen-bond donors (Lipinski definition) is 0. The number of nitrogens with zero attached hydrogens (tertiary/aromatic N) is 2. The van der Waals surface area contributed by atoms with Crippen LogP contribution in [0.15, 0.2) is 30.6 Å². The van der Waals surface area contributed by atoms with Gasteiger partial charge in [-0.2, -0.15) is 39.5 Å². The molecule has 1 aromatic carbocycles. The summed E-state index contributed by atoms with van der Waals surface area (Å²) in [5.74, 6) is -17.7. The first kappa shape index (κ1) is 36.9. The molecule has 2 rings (SSSR count). The second-order valence-corrected chi connectivity index (χ2v) is 10.5. The van der Waals surface area contributed by atoms with Gasteiger partial charge in [-0.25, -0.2) is 9.13 Å². The Bertz CT molecular complexity index is 1040. The third-order valence-corrected chi connectivity index (χ3v) is 7.46. The molecular formula is C26H32BrCl2F9N2. The summed E-state index contributed by atoms with van der Waals surface area (Å²) in [6, 6.07) is 5.38. The molecule has 14 heteroatoms. The lowest BCUT2D eigenvalue weighted by Crippen LogP contribution is -3.00. The van der Waals surface area contributed by atoms with Gasteiger partial charge in [0, 0.05) is 29.0 Å². The molecule has 0 bridgehead atoms. The summed E-state index contributed by atoms with van der Waals surface area (Å²) in [4.78, 5) is 0. The summed E-state index contributed by atoms with van der Waals surface area (Å²) in [5.41, 5.74) is 0.848. The maximum atomic E-state index is 13.5. The average Bonchev–Trinajstić information content (AvgIpc) is 3.17. The first-order valence-electron chi connectivity index (χ1n) is 12.7. The lowest BCUT2D eigenvalue weighted by Gasteiger charge is -2.33. The highest BCUT2D eigenvalue weighted by Gasteiger charge is 2.81. The topological polar surface area (TPSA) is 8.81 Å². The van der Waals surface area contributed by atoms with Crippen LogP contribution in [0.1, 0.15) is 75.6 Å². The Labute approximate surface area is 248 Å². The molecule has 0 saturated heterocycles. The molecule has 0 radical (unpaired) electrons. The van der Waals surface area contributed by atoms with Crippen molar-refractivity contribution >= 4 is 23.2 Å². The minimum Gasteiger partial charge on any atom is -1.00 e. The lowest BCUT2D eigenvalue weighted by molar-refractivity contribution is -0.693. The number of hydrogen-bond acceptors (Lipinski definition) is 0. The first-order valence-corrected chi connectivity index (χ1v) is 13.5. The molecule has 2 aromatic rings. The van der Waals surface area contributed by atoms with E-state index in [0.717, 1.165) is 50.0 Å². The van der Waals surface area contributed by atoms with Crippen molar-refractivity contribution in [2.24, 2.45) is 0 Å². The molecule has 230 valence electrons. The van der Waals surface area contributed by atoms with E-state index in [4.69, 9.17) is 23.2 Å². The second kappa shape index (κ2) is 15.4. The van der Waals surface area contributed by atoms with Crippen LogP contribution in [0.2, 0.25) is 10.0 Å². The SMILES string of the molecule is Cc1n(CCCCCCCCCCCC(F)(F)C(F)(F)C(F)(F)C(F)(F)F)cc[n+]1Cc1c(Cl)cccc1Cl.[Br-]. The van der Waals surface area contributed by atoms with Crippen molar-refractivity contribution in [1.29, 1.82) is 0 Å². The van der Waals surface area contributed by atoms with E-state index >= 15 is 0 Å². The van der Waals surface area contributed by atoms with E-state index in [1.807, 2.05) is 19.3 Å². The van der Waals surface area contributed by atoms with E-state index in [2.05, 4.69) is 9.13 Å². The van der Waals surface area contributed by atoms with Crippen molar-refractivity contribution in [3.05, 3.63) is 52.0 Å². The number of alkyl halides is 9. The standard InChI is InChI=1S/C26H32Cl2F9N2.BrH/c1-19-38(16-17-39(19)18-20-21(27)12-11-13-22(20)28)15-10-8-6-4-2-3-5-7-9-14-23(29,30)24(31,32)25(33,34)26(35,36)37;/h11-13,16-17H,2-10,14-15,18H2,1H3;1H/q+1;/p-1. The van der Waals surface area contributed by atoms with Crippen LogP contribution in [0.25, 0.3) is 0 Å². The summed E-state index contributed by atoms with van der Waals surface area (Å²) >= 11 is 12.5. The number of imidazole rings is 1. The van der Waals surface area contributed by atoms with Crippen LogP contribution in [0.4, 0.5) is 39.5 Å². The van der Waals surface area contributed by atoms with E-state index in [9.17, 15) is 39.5 Å². The Morgan fingerprint density at radius 1 is 0.725 bits per heavy atom. The van der Waals surface area contributed by atoms with Gasteiger partial charge in [0.2, 0.25) is 0 Å². The number of aromatic nitrogens is 2. The monoisotopic (exact) mass is 692 g/mol. The molecule has 0 aliphatic rings. The average molecular weight is 694 g/mol. The molecule has 0 spiro atoms. The zero-order valence-electron chi connectivity index (χ0n) is 21.8. The van der Waals surface area contributed by atoms with Gasteiger partial charge in [-0.05, 0) is 31.4 Å². The minimum absolute atomic E-state index is 0. The molecule has 0 amide bonds. The van der Waals surface area contributed by atoms with Gasteiger partial charge < -0.3 is 17.0 Å². The molecule has 0 N–H and O–H groups in total. The number of benzene rings is 1. The normalized spacial score (nSPS) is 13.0. The van der Waals surface area contributed by atoms with Crippen LogP contribution in [-0.2, 0) is 13.1 Å². The van der Waals surface area contributed by atoms with Crippen molar-refractivity contribution < 1.29 is 61.1 Å². The lowest BCUT2D eigenvalue weighted by atomic mass is 9.97. The summed E-state index contributed by atoms with van der Waals surface area (Å²) < 4.78 is 120. The zero-order valence-corrected chi connectivity index (χ0v) is 24.9. The molecule has 1 aromatic heterocycles. The number of rotatable bonds is 16.